The molecule has 1 heterocycles. The normalized spacial score (nSPS) is 21.5. The molecule has 9 nitrogen and oxygen atoms in total. The van der Waals surface area contributed by atoms with Gasteiger partial charge in [0, 0.05) is 13.5 Å². The monoisotopic (exact) mass is 752 g/mol. The maximum Gasteiger partial charge on any atom is 0.296 e. The number of aryl methyl sites for hydroxylation is 1. The minimum atomic E-state index is -4.09. The summed E-state index contributed by atoms with van der Waals surface area (Å²) in [4.78, 5) is 0.0617. The number of methoxy groups -OCH3 is 1. The average Bonchev–Trinajstić information content (AvgIpc) is 3.21. The topological polar surface area (TPSA) is 98.8 Å². The smallest absolute Gasteiger partial charge is 0.296 e. The standard InChI is InChI=1S/C44H48O9S/c1-34-23-25-39(26-24-34)54(45,46)52-28-27-44(47-2)43(51-32-38-21-13-6-14-22-38)42(50-31-37-19-11-5-12-20-37)41(49-30-36-17-9-4-10-18-36)40(53-44)33-48-29-35-15-7-3-8-16-35/h3-26,40-43H,27-33H2,1-2H3. The zero-order valence-corrected chi connectivity index (χ0v) is 31.5. The molecule has 1 aliphatic rings. The van der Waals surface area contributed by atoms with E-state index in [9.17, 15) is 8.42 Å². The molecule has 0 saturated carbocycles. The van der Waals surface area contributed by atoms with E-state index in [0.29, 0.717) is 6.61 Å². The van der Waals surface area contributed by atoms with Gasteiger partial charge in [0.1, 0.15) is 24.4 Å². The van der Waals surface area contributed by atoms with Gasteiger partial charge in [-0.05, 0) is 41.3 Å². The fourth-order valence-corrected chi connectivity index (χ4v) is 7.36. The Morgan fingerprint density at radius 2 is 1.06 bits per heavy atom. The second-order valence-corrected chi connectivity index (χ2v) is 14.9. The highest BCUT2D eigenvalue weighted by Gasteiger charge is 2.57. The van der Waals surface area contributed by atoms with Gasteiger partial charge in [-0.2, -0.15) is 8.42 Å². The van der Waals surface area contributed by atoms with Gasteiger partial charge in [0.2, 0.25) is 0 Å². The maximum absolute atomic E-state index is 13.3. The molecular weight excluding hydrogens is 705 g/mol. The van der Waals surface area contributed by atoms with Crippen molar-refractivity contribution in [1.29, 1.82) is 0 Å². The Kier molecular flexibility index (Phi) is 14.2. The first-order valence-corrected chi connectivity index (χ1v) is 19.5. The highest BCUT2D eigenvalue weighted by molar-refractivity contribution is 7.86. The molecule has 0 aromatic heterocycles. The molecule has 0 bridgehead atoms. The number of hydrogen-bond donors (Lipinski definition) is 0. The van der Waals surface area contributed by atoms with Crippen molar-refractivity contribution in [2.75, 3.05) is 20.3 Å². The van der Waals surface area contributed by atoms with Crippen molar-refractivity contribution < 1.29 is 41.0 Å². The molecule has 5 aromatic carbocycles. The summed E-state index contributed by atoms with van der Waals surface area (Å²) >= 11 is 0. The largest absolute Gasteiger partial charge is 0.374 e. The van der Waals surface area contributed by atoms with E-state index in [0.717, 1.165) is 27.8 Å². The van der Waals surface area contributed by atoms with Crippen LogP contribution in [0.3, 0.4) is 0 Å². The molecule has 5 aromatic rings. The third-order valence-electron chi connectivity index (χ3n) is 9.35. The molecule has 0 amide bonds. The van der Waals surface area contributed by atoms with Gasteiger partial charge in [-0.25, -0.2) is 0 Å². The van der Waals surface area contributed by atoms with Crippen LogP contribution in [-0.2, 0) is 69.1 Å². The highest BCUT2D eigenvalue weighted by atomic mass is 32.2. The van der Waals surface area contributed by atoms with E-state index >= 15 is 0 Å². The van der Waals surface area contributed by atoms with Gasteiger partial charge >= 0.3 is 0 Å². The van der Waals surface area contributed by atoms with E-state index in [1.807, 2.05) is 128 Å². The first-order valence-electron chi connectivity index (χ1n) is 18.1. The lowest BCUT2D eigenvalue weighted by Gasteiger charge is -2.52. The summed E-state index contributed by atoms with van der Waals surface area (Å²) in [5, 5.41) is 0. The zero-order valence-electron chi connectivity index (χ0n) is 30.7. The van der Waals surface area contributed by atoms with E-state index in [-0.39, 0.29) is 44.4 Å². The van der Waals surface area contributed by atoms with Crippen molar-refractivity contribution in [2.45, 2.75) is 74.9 Å². The number of ether oxygens (including phenoxy) is 6. The van der Waals surface area contributed by atoms with Gasteiger partial charge in [0.25, 0.3) is 10.1 Å². The van der Waals surface area contributed by atoms with E-state index < -0.39 is 40.3 Å². The van der Waals surface area contributed by atoms with E-state index in [1.165, 1.54) is 19.2 Å². The van der Waals surface area contributed by atoms with Gasteiger partial charge in [0.15, 0.2) is 5.79 Å². The minimum Gasteiger partial charge on any atom is -0.374 e. The van der Waals surface area contributed by atoms with Crippen LogP contribution in [0.25, 0.3) is 0 Å². The molecule has 6 rings (SSSR count). The summed E-state index contributed by atoms with van der Waals surface area (Å²) in [5.74, 6) is -1.54. The Morgan fingerprint density at radius 3 is 1.56 bits per heavy atom. The van der Waals surface area contributed by atoms with Crippen molar-refractivity contribution in [1.82, 2.24) is 0 Å². The predicted octanol–water partition coefficient (Wildman–Crippen LogP) is 7.80. The third kappa shape index (κ3) is 10.7. The van der Waals surface area contributed by atoms with Crippen LogP contribution in [0.2, 0.25) is 0 Å². The lowest BCUT2D eigenvalue weighted by Crippen LogP contribution is -2.68. The van der Waals surface area contributed by atoms with E-state index in [2.05, 4.69) is 0 Å². The molecule has 5 atom stereocenters. The Bertz CT molecular complexity index is 1930. The van der Waals surface area contributed by atoms with Crippen LogP contribution >= 0.6 is 0 Å². The fourth-order valence-electron chi connectivity index (χ4n) is 6.45. The third-order valence-corrected chi connectivity index (χ3v) is 10.7. The SMILES string of the molecule is COC1(CCOS(=O)(=O)c2ccc(C)cc2)OC(COCc2ccccc2)C(OCc2ccccc2)C(OCc2ccccc2)C1OCc1ccccc1. The number of benzene rings is 5. The van der Waals surface area contributed by atoms with Crippen LogP contribution < -0.4 is 0 Å². The van der Waals surface area contributed by atoms with Crippen molar-refractivity contribution in [3.8, 4) is 0 Å². The van der Waals surface area contributed by atoms with Crippen molar-refractivity contribution in [3.63, 3.8) is 0 Å². The Morgan fingerprint density at radius 1 is 0.593 bits per heavy atom. The molecule has 1 fully saturated rings. The van der Waals surface area contributed by atoms with Crippen molar-refractivity contribution in [2.24, 2.45) is 0 Å². The molecule has 54 heavy (non-hydrogen) atoms. The molecule has 284 valence electrons. The average molecular weight is 753 g/mol. The first-order chi connectivity index (χ1) is 26.3. The van der Waals surface area contributed by atoms with Gasteiger partial charge in [0.05, 0.1) is 44.5 Å². The Labute approximate surface area is 318 Å². The summed E-state index contributed by atoms with van der Waals surface area (Å²) in [7, 11) is -2.56. The Hall–Kier alpha value is -4.23. The molecule has 0 N–H and O–H groups in total. The summed E-state index contributed by atoms with van der Waals surface area (Å²) in [5.41, 5.74) is 4.80. The lowest BCUT2D eigenvalue weighted by molar-refractivity contribution is -0.380. The summed E-state index contributed by atoms with van der Waals surface area (Å²) < 4.78 is 72.1. The highest BCUT2D eigenvalue weighted by Crippen LogP contribution is 2.40. The molecular formula is C44H48O9S. The van der Waals surface area contributed by atoms with Gasteiger partial charge in [-0.15, -0.1) is 0 Å². The van der Waals surface area contributed by atoms with Crippen LogP contribution in [0, 0.1) is 6.92 Å². The molecule has 0 spiro atoms. The van der Waals surface area contributed by atoms with Crippen LogP contribution in [0.15, 0.2) is 150 Å². The number of rotatable bonds is 19. The van der Waals surface area contributed by atoms with Gasteiger partial charge in [-0.3, -0.25) is 4.18 Å². The second-order valence-electron chi connectivity index (χ2n) is 13.3. The number of hydrogen-bond acceptors (Lipinski definition) is 9. The van der Waals surface area contributed by atoms with Crippen LogP contribution in [0.1, 0.15) is 34.2 Å². The zero-order chi connectivity index (χ0) is 37.6. The molecule has 0 aliphatic carbocycles. The van der Waals surface area contributed by atoms with E-state index in [1.54, 1.807) is 12.1 Å². The van der Waals surface area contributed by atoms with E-state index in [4.69, 9.17) is 32.6 Å². The molecule has 1 aliphatic heterocycles. The first kappa shape index (κ1) is 39.5. The van der Waals surface area contributed by atoms with Crippen LogP contribution in [0.4, 0.5) is 0 Å². The molecule has 1 saturated heterocycles. The Balaban J connectivity index is 1.34. The summed E-state index contributed by atoms with van der Waals surface area (Å²) in [6.07, 6.45) is -3.08. The van der Waals surface area contributed by atoms with Crippen LogP contribution in [-0.4, -0.2) is 58.9 Å². The molecule has 5 unspecified atom stereocenters. The summed E-state index contributed by atoms with van der Waals surface area (Å²) in [6, 6.07) is 45.9. The summed E-state index contributed by atoms with van der Waals surface area (Å²) in [6.45, 7) is 2.83. The lowest BCUT2D eigenvalue weighted by atomic mass is 9.89. The fraction of sp³-hybridized carbons (Fsp3) is 0.318. The molecule has 10 heteroatoms. The van der Waals surface area contributed by atoms with Crippen LogP contribution in [0.5, 0.6) is 0 Å². The molecule has 0 radical (unpaired) electrons. The second kappa shape index (κ2) is 19.4. The van der Waals surface area contributed by atoms with Crippen molar-refractivity contribution >= 4 is 10.1 Å². The van der Waals surface area contributed by atoms with Gasteiger partial charge < -0.3 is 28.4 Å². The quantitative estimate of drug-likeness (QED) is 0.0783. The van der Waals surface area contributed by atoms with Crippen molar-refractivity contribution in [3.05, 3.63) is 173 Å². The van der Waals surface area contributed by atoms with Gasteiger partial charge in [-0.1, -0.05) is 139 Å². The minimum absolute atomic E-state index is 0.0141. The maximum atomic E-state index is 13.3. The predicted molar refractivity (Wildman–Crippen MR) is 205 cm³/mol.